The highest BCUT2D eigenvalue weighted by Gasteiger charge is 2.42. The Labute approximate surface area is 128 Å². The van der Waals surface area contributed by atoms with Crippen molar-refractivity contribution in [2.24, 2.45) is 11.8 Å². The molecule has 2 rings (SSSR count). The number of halogens is 3. The summed E-state index contributed by atoms with van der Waals surface area (Å²) in [4.78, 5) is 0. The first-order chi connectivity index (χ1) is 7.91. The Hall–Kier alpha value is 0.910. The van der Waals surface area contributed by atoms with Gasteiger partial charge in [0.1, 0.15) is 0 Å². The van der Waals surface area contributed by atoms with E-state index in [1.807, 2.05) is 0 Å². The topological polar surface area (TPSA) is 9.23 Å². The van der Waals surface area contributed by atoms with E-state index in [2.05, 4.69) is 58.7 Å². The molecule has 0 N–H and O–H groups in total. The lowest BCUT2D eigenvalue weighted by Crippen LogP contribution is -2.22. The van der Waals surface area contributed by atoms with Crippen LogP contribution < -0.4 is 0 Å². The van der Waals surface area contributed by atoms with E-state index in [-0.39, 0.29) is 17.6 Å². The highest BCUT2D eigenvalue weighted by atomic mass is 79.9. The van der Waals surface area contributed by atoms with Crippen LogP contribution in [-0.4, -0.2) is 12.2 Å². The van der Waals surface area contributed by atoms with Gasteiger partial charge >= 0.3 is 0 Å². The van der Waals surface area contributed by atoms with Crippen LogP contribution in [-0.2, 0) is 4.74 Å². The van der Waals surface area contributed by atoms with Crippen molar-refractivity contribution in [1.82, 2.24) is 0 Å². The fraction of sp³-hybridized carbons (Fsp3) is 0.667. The third-order valence-electron chi connectivity index (χ3n) is 3.64. The molecule has 2 heterocycles. The molecule has 1 saturated heterocycles. The van der Waals surface area contributed by atoms with E-state index < -0.39 is 0 Å². The zero-order chi connectivity index (χ0) is 12.7. The summed E-state index contributed by atoms with van der Waals surface area (Å²) >= 11 is 15.4. The van der Waals surface area contributed by atoms with Crippen LogP contribution in [0, 0.1) is 11.8 Å². The molecule has 0 bridgehead atoms. The van der Waals surface area contributed by atoms with Gasteiger partial charge in [-0.15, -0.1) is 22.9 Å². The molecular weight excluding hydrogens is 387 g/mol. The first-order valence-electron chi connectivity index (χ1n) is 5.66. The van der Waals surface area contributed by atoms with Crippen LogP contribution in [0.2, 0.25) is 0 Å². The molecule has 1 fully saturated rings. The van der Waals surface area contributed by atoms with E-state index in [1.54, 1.807) is 11.3 Å². The van der Waals surface area contributed by atoms with Crippen LogP contribution in [0.5, 0.6) is 0 Å². The lowest BCUT2D eigenvalue weighted by atomic mass is 9.85. The normalized spacial score (nSPS) is 35.2. The molecule has 1 aliphatic rings. The number of alkyl halides is 1. The van der Waals surface area contributed by atoms with Gasteiger partial charge in [-0.3, -0.25) is 0 Å². The maximum atomic E-state index is 6.66. The van der Waals surface area contributed by atoms with Crippen LogP contribution >= 0.6 is 54.8 Å². The summed E-state index contributed by atoms with van der Waals surface area (Å²) in [7, 11) is 0. The predicted octanol–water partition coefficient (Wildman–Crippen LogP) is 5.61. The zero-order valence-electron chi connectivity index (χ0n) is 9.91. The molecule has 0 aromatic carbocycles. The second-order valence-corrected chi connectivity index (χ2v) is 8.88. The molecule has 5 heteroatoms. The van der Waals surface area contributed by atoms with Crippen LogP contribution in [0.4, 0.5) is 0 Å². The lowest BCUT2D eigenvalue weighted by Gasteiger charge is -2.23. The average Bonchev–Trinajstić information content (AvgIpc) is 2.68. The quantitative estimate of drug-likeness (QED) is 0.584. The number of hydrogen-bond donors (Lipinski definition) is 0. The molecule has 1 nitrogen and oxygen atoms in total. The zero-order valence-corrected chi connectivity index (χ0v) is 14.7. The minimum Gasteiger partial charge on any atom is -0.375 e. The second kappa shape index (κ2) is 5.49. The van der Waals surface area contributed by atoms with Gasteiger partial charge in [-0.05, 0) is 63.3 Å². The van der Waals surface area contributed by atoms with E-state index in [0.29, 0.717) is 11.8 Å². The Bertz CT molecular complexity index is 409. The summed E-state index contributed by atoms with van der Waals surface area (Å²) in [5.41, 5.74) is 1.17. The Morgan fingerprint density at radius 2 is 1.94 bits per heavy atom. The van der Waals surface area contributed by atoms with Gasteiger partial charge in [-0.2, -0.15) is 0 Å². The summed E-state index contributed by atoms with van der Waals surface area (Å²) < 4.78 is 8.09. The molecule has 96 valence electrons. The third-order valence-corrected chi connectivity index (χ3v) is 6.55. The maximum Gasteiger partial charge on any atom is 0.0757 e. The molecule has 0 spiro atoms. The largest absolute Gasteiger partial charge is 0.375 e. The number of rotatable bonds is 2. The van der Waals surface area contributed by atoms with E-state index in [9.17, 15) is 0 Å². The predicted molar refractivity (Wildman–Crippen MR) is 81.0 cm³/mol. The minimum atomic E-state index is 0.00174. The highest BCUT2D eigenvalue weighted by Crippen LogP contribution is 2.48. The Kier molecular flexibility index (Phi) is 4.63. The third kappa shape index (κ3) is 2.76. The smallest absolute Gasteiger partial charge is 0.0757 e. The van der Waals surface area contributed by atoms with Gasteiger partial charge in [0, 0.05) is 5.92 Å². The molecular formula is C12H15Br2ClOS. The van der Waals surface area contributed by atoms with Crippen LogP contribution in [0.15, 0.2) is 13.6 Å². The first kappa shape index (κ1) is 14.3. The summed E-state index contributed by atoms with van der Waals surface area (Å²) in [5.74, 6) is 0.850. The van der Waals surface area contributed by atoms with E-state index >= 15 is 0 Å². The molecule has 1 aromatic heterocycles. The molecule has 1 aliphatic heterocycles. The van der Waals surface area contributed by atoms with Crippen molar-refractivity contribution in [3.8, 4) is 0 Å². The Morgan fingerprint density at radius 3 is 2.35 bits per heavy atom. The van der Waals surface area contributed by atoms with Crippen LogP contribution in [0.25, 0.3) is 0 Å². The van der Waals surface area contributed by atoms with Gasteiger partial charge in [-0.1, -0.05) is 6.92 Å². The minimum absolute atomic E-state index is 0.00174. The summed E-state index contributed by atoms with van der Waals surface area (Å²) in [6.45, 7) is 6.47. The summed E-state index contributed by atoms with van der Waals surface area (Å²) in [5, 5.41) is 0.00174. The Balaban J connectivity index is 2.25. The van der Waals surface area contributed by atoms with Gasteiger partial charge in [0.25, 0.3) is 0 Å². The van der Waals surface area contributed by atoms with Crippen molar-refractivity contribution in [2.45, 2.75) is 38.4 Å². The van der Waals surface area contributed by atoms with E-state index in [1.165, 1.54) is 5.56 Å². The fourth-order valence-corrected chi connectivity index (χ4v) is 6.28. The van der Waals surface area contributed by atoms with Crippen molar-refractivity contribution < 1.29 is 4.74 Å². The van der Waals surface area contributed by atoms with Crippen molar-refractivity contribution in [3.63, 3.8) is 0 Å². The van der Waals surface area contributed by atoms with Gasteiger partial charge in [0.15, 0.2) is 0 Å². The molecule has 0 radical (unpaired) electrons. The number of ether oxygens (including phenoxy) is 1. The summed E-state index contributed by atoms with van der Waals surface area (Å²) in [6, 6.07) is 2.11. The Morgan fingerprint density at radius 1 is 1.29 bits per heavy atom. The molecule has 0 amide bonds. The number of hydrogen-bond acceptors (Lipinski definition) is 2. The first-order valence-corrected chi connectivity index (χ1v) is 8.50. The van der Waals surface area contributed by atoms with Crippen molar-refractivity contribution in [1.29, 1.82) is 0 Å². The van der Waals surface area contributed by atoms with E-state index in [4.69, 9.17) is 16.3 Å². The molecule has 1 aromatic rings. The molecule has 0 aliphatic carbocycles. The standard InChI is InChI=1S/C12H15Br2ClOS/c1-5-6(2)16-7(3)10(5)11(15)8-4-9(13)17-12(8)14/h4-7,10-11H,1-3H3. The molecule has 5 unspecified atom stereocenters. The number of thiophene rings is 1. The highest BCUT2D eigenvalue weighted by molar-refractivity contribution is 9.12. The second-order valence-electron chi connectivity index (χ2n) is 4.66. The summed E-state index contributed by atoms with van der Waals surface area (Å²) in [6.07, 6.45) is 0.505. The van der Waals surface area contributed by atoms with Crippen LogP contribution in [0.3, 0.4) is 0 Å². The van der Waals surface area contributed by atoms with Crippen molar-refractivity contribution in [3.05, 3.63) is 19.2 Å². The van der Waals surface area contributed by atoms with Crippen molar-refractivity contribution >= 4 is 54.8 Å². The average molecular weight is 403 g/mol. The molecule has 5 atom stereocenters. The van der Waals surface area contributed by atoms with Gasteiger partial charge in [-0.25, -0.2) is 0 Å². The van der Waals surface area contributed by atoms with Gasteiger partial charge in [0.05, 0.1) is 25.2 Å². The monoisotopic (exact) mass is 400 g/mol. The van der Waals surface area contributed by atoms with Crippen LogP contribution in [0.1, 0.15) is 31.7 Å². The SMILES string of the molecule is CC1OC(C)C(C(Cl)c2cc(Br)sc2Br)C1C. The van der Waals surface area contributed by atoms with Gasteiger partial charge < -0.3 is 4.74 Å². The molecule has 17 heavy (non-hydrogen) atoms. The van der Waals surface area contributed by atoms with Crippen molar-refractivity contribution in [2.75, 3.05) is 0 Å². The van der Waals surface area contributed by atoms with Gasteiger partial charge in [0.2, 0.25) is 0 Å². The van der Waals surface area contributed by atoms with E-state index in [0.717, 1.165) is 7.57 Å². The lowest BCUT2D eigenvalue weighted by molar-refractivity contribution is 0.0508. The fourth-order valence-electron chi connectivity index (χ4n) is 2.55. The molecule has 0 saturated carbocycles. The maximum absolute atomic E-state index is 6.66.